The molecular formula is C23H20Br2O3. The standard InChI is InChI=1S/C23H20Br2O3/c1-22(2,15-13-17-5-9-19(24)10-6-17)27-21(26)28-23(3,4)16-14-18-7-11-20(25)12-8-18/h5-12H,1-4H3. The van der Waals surface area contributed by atoms with Crippen molar-refractivity contribution in [3.8, 4) is 23.7 Å². The van der Waals surface area contributed by atoms with Crippen LogP contribution in [0.3, 0.4) is 0 Å². The minimum absolute atomic E-state index is 0.815. The fourth-order valence-corrected chi connectivity index (χ4v) is 2.53. The van der Waals surface area contributed by atoms with Crippen LogP contribution in [0.25, 0.3) is 0 Å². The molecule has 0 heterocycles. The van der Waals surface area contributed by atoms with Gasteiger partial charge < -0.3 is 9.47 Å². The molecule has 2 aromatic rings. The molecule has 28 heavy (non-hydrogen) atoms. The lowest BCUT2D eigenvalue weighted by atomic mass is 10.1. The van der Waals surface area contributed by atoms with Crippen LogP contribution in [0.5, 0.6) is 0 Å². The Kier molecular flexibility index (Phi) is 7.35. The van der Waals surface area contributed by atoms with E-state index in [1.165, 1.54) is 0 Å². The zero-order chi connectivity index (χ0) is 20.8. The van der Waals surface area contributed by atoms with E-state index in [4.69, 9.17) is 9.47 Å². The quantitative estimate of drug-likeness (QED) is 0.355. The molecule has 3 nitrogen and oxygen atoms in total. The predicted molar refractivity (Wildman–Crippen MR) is 118 cm³/mol. The van der Waals surface area contributed by atoms with Gasteiger partial charge in [0.25, 0.3) is 0 Å². The molecule has 0 atom stereocenters. The van der Waals surface area contributed by atoms with E-state index < -0.39 is 17.4 Å². The molecule has 0 aliphatic rings. The van der Waals surface area contributed by atoms with Gasteiger partial charge in [0.05, 0.1) is 0 Å². The molecule has 0 radical (unpaired) electrons. The van der Waals surface area contributed by atoms with Gasteiger partial charge in [0.15, 0.2) is 11.2 Å². The Bertz CT molecular complexity index is 872. The molecule has 2 rings (SSSR count). The van der Waals surface area contributed by atoms with Crippen molar-refractivity contribution in [1.82, 2.24) is 0 Å². The summed E-state index contributed by atoms with van der Waals surface area (Å²) < 4.78 is 12.7. The van der Waals surface area contributed by atoms with E-state index in [1.807, 2.05) is 48.5 Å². The minimum atomic E-state index is -1.00. The summed E-state index contributed by atoms with van der Waals surface area (Å²) in [7, 11) is 0. The fourth-order valence-electron chi connectivity index (χ4n) is 2.00. The first-order chi connectivity index (χ1) is 13.0. The number of ether oxygens (including phenoxy) is 2. The summed E-state index contributed by atoms with van der Waals surface area (Å²) in [5, 5.41) is 0. The molecular weight excluding hydrogens is 484 g/mol. The van der Waals surface area contributed by atoms with Gasteiger partial charge in [-0.05, 0) is 76.2 Å². The normalized spacial score (nSPS) is 10.8. The summed E-state index contributed by atoms with van der Waals surface area (Å²) in [4.78, 5) is 12.2. The van der Waals surface area contributed by atoms with Crippen LogP contribution in [-0.2, 0) is 9.47 Å². The lowest BCUT2D eigenvalue weighted by molar-refractivity contribution is -0.0230. The second-order valence-corrected chi connectivity index (χ2v) is 8.82. The van der Waals surface area contributed by atoms with Crippen LogP contribution in [-0.4, -0.2) is 17.4 Å². The number of carbonyl (C=O) groups is 1. The molecule has 0 spiro atoms. The van der Waals surface area contributed by atoms with Gasteiger partial charge in [-0.2, -0.15) is 0 Å². The summed E-state index contributed by atoms with van der Waals surface area (Å²) >= 11 is 6.76. The van der Waals surface area contributed by atoms with Crippen molar-refractivity contribution in [3.63, 3.8) is 0 Å². The summed E-state index contributed by atoms with van der Waals surface area (Å²) in [5.74, 6) is 11.9. The molecule has 5 heteroatoms. The Morgan fingerprint density at radius 2 is 1.04 bits per heavy atom. The maximum Gasteiger partial charge on any atom is 0.511 e. The number of halogens is 2. The zero-order valence-electron chi connectivity index (χ0n) is 16.1. The average molecular weight is 504 g/mol. The SMILES string of the molecule is CC(C)(C#Cc1ccc(Br)cc1)OC(=O)OC(C)(C)C#Cc1ccc(Br)cc1. The monoisotopic (exact) mass is 502 g/mol. The van der Waals surface area contributed by atoms with Crippen LogP contribution in [0.2, 0.25) is 0 Å². The van der Waals surface area contributed by atoms with Crippen molar-refractivity contribution in [3.05, 3.63) is 68.6 Å². The molecule has 0 aromatic heterocycles. The van der Waals surface area contributed by atoms with Crippen molar-refractivity contribution in [2.45, 2.75) is 38.9 Å². The molecule has 0 unspecified atom stereocenters. The van der Waals surface area contributed by atoms with Gasteiger partial charge >= 0.3 is 6.16 Å². The number of hydrogen-bond donors (Lipinski definition) is 0. The highest BCUT2D eigenvalue weighted by Crippen LogP contribution is 2.16. The summed E-state index contributed by atoms with van der Waals surface area (Å²) in [5.41, 5.74) is -0.346. The van der Waals surface area contributed by atoms with E-state index in [-0.39, 0.29) is 0 Å². The van der Waals surface area contributed by atoms with Crippen LogP contribution in [0, 0.1) is 23.7 Å². The maximum absolute atomic E-state index is 12.2. The Morgan fingerprint density at radius 1 is 0.714 bits per heavy atom. The summed E-state index contributed by atoms with van der Waals surface area (Å²) in [6, 6.07) is 15.1. The van der Waals surface area contributed by atoms with E-state index in [2.05, 4.69) is 55.5 Å². The second kappa shape index (κ2) is 9.32. The van der Waals surface area contributed by atoms with Crippen molar-refractivity contribution >= 4 is 38.0 Å². The van der Waals surface area contributed by atoms with E-state index in [9.17, 15) is 4.79 Å². The van der Waals surface area contributed by atoms with Crippen molar-refractivity contribution in [2.75, 3.05) is 0 Å². The van der Waals surface area contributed by atoms with Gasteiger partial charge in [-0.15, -0.1) is 0 Å². The van der Waals surface area contributed by atoms with Crippen molar-refractivity contribution in [1.29, 1.82) is 0 Å². The van der Waals surface area contributed by atoms with E-state index in [0.717, 1.165) is 20.1 Å². The van der Waals surface area contributed by atoms with Crippen LogP contribution in [0.4, 0.5) is 4.79 Å². The first kappa shape index (κ1) is 22.1. The second-order valence-electron chi connectivity index (χ2n) is 6.99. The molecule has 144 valence electrons. The molecule has 0 amide bonds. The van der Waals surface area contributed by atoms with Gasteiger partial charge in [0, 0.05) is 20.1 Å². The molecule has 0 N–H and O–H groups in total. The Labute approximate surface area is 183 Å². The van der Waals surface area contributed by atoms with Crippen molar-refractivity contribution < 1.29 is 14.3 Å². The highest BCUT2D eigenvalue weighted by molar-refractivity contribution is 9.10. The molecule has 0 saturated carbocycles. The van der Waals surface area contributed by atoms with E-state index in [0.29, 0.717) is 0 Å². The lowest BCUT2D eigenvalue weighted by Crippen LogP contribution is -2.32. The maximum atomic E-state index is 12.2. The van der Waals surface area contributed by atoms with Gasteiger partial charge in [-0.1, -0.05) is 55.5 Å². The average Bonchev–Trinajstić information content (AvgIpc) is 2.60. The van der Waals surface area contributed by atoms with Crippen molar-refractivity contribution in [2.24, 2.45) is 0 Å². The summed E-state index contributed by atoms with van der Waals surface area (Å²) in [6.45, 7) is 6.84. The largest absolute Gasteiger partial charge is 0.511 e. The number of carbonyl (C=O) groups excluding carboxylic acids is 1. The van der Waals surface area contributed by atoms with Gasteiger partial charge in [0.2, 0.25) is 0 Å². The van der Waals surface area contributed by atoms with Crippen LogP contribution in [0.1, 0.15) is 38.8 Å². The smallest absolute Gasteiger partial charge is 0.415 e. The fraction of sp³-hybridized carbons (Fsp3) is 0.261. The Hall–Kier alpha value is -2.21. The third-order valence-corrected chi connectivity index (χ3v) is 4.44. The predicted octanol–water partition coefficient (Wildman–Crippen LogP) is 6.33. The third kappa shape index (κ3) is 7.80. The summed E-state index contributed by atoms with van der Waals surface area (Å²) in [6.07, 6.45) is -0.815. The zero-order valence-corrected chi connectivity index (χ0v) is 19.3. The van der Waals surface area contributed by atoms with Crippen LogP contribution < -0.4 is 0 Å². The van der Waals surface area contributed by atoms with Gasteiger partial charge in [-0.25, -0.2) is 4.79 Å². The van der Waals surface area contributed by atoms with Crippen LogP contribution in [0.15, 0.2) is 57.5 Å². The molecule has 0 aliphatic heterocycles. The van der Waals surface area contributed by atoms with Gasteiger partial charge in [0.1, 0.15) is 0 Å². The van der Waals surface area contributed by atoms with Crippen LogP contribution >= 0.6 is 31.9 Å². The number of hydrogen-bond acceptors (Lipinski definition) is 3. The molecule has 0 fully saturated rings. The molecule has 2 aromatic carbocycles. The molecule has 0 saturated heterocycles. The van der Waals surface area contributed by atoms with E-state index in [1.54, 1.807) is 27.7 Å². The van der Waals surface area contributed by atoms with E-state index >= 15 is 0 Å². The topological polar surface area (TPSA) is 35.5 Å². The molecule has 0 aliphatic carbocycles. The Morgan fingerprint density at radius 3 is 1.36 bits per heavy atom. The lowest BCUT2D eigenvalue weighted by Gasteiger charge is -2.23. The Balaban J connectivity index is 1.99. The highest BCUT2D eigenvalue weighted by Gasteiger charge is 2.27. The first-order valence-corrected chi connectivity index (χ1v) is 10.1. The minimum Gasteiger partial charge on any atom is -0.415 e. The molecule has 0 bridgehead atoms. The number of benzene rings is 2. The number of rotatable bonds is 2. The highest BCUT2D eigenvalue weighted by atomic mass is 79.9. The van der Waals surface area contributed by atoms with Gasteiger partial charge in [-0.3, -0.25) is 0 Å². The third-order valence-electron chi connectivity index (χ3n) is 3.38. The first-order valence-electron chi connectivity index (χ1n) is 8.54.